The van der Waals surface area contributed by atoms with Crippen LogP contribution in [0.25, 0.3) is 10.9 Å². The number of anilines is 2. The van der Waals surface area contributed by atoms with E-state index in [1.54, 1.807) is 37.4 Å². The van der Waals surface area contributed by atoms with Gasteiger partial charge >= 0.3 is 6.03 Å². The molecule has 0 saturated heterocycles. The molecule has 174 valence electrons. The molecule has 0 spiro atoms. The second-order valence-corrected chi connectivity index (χ2v) is 7.34. The number of aromatic nitrogens is 1. The van der Waals surface area contributed by atoms with Gasteiger partial charge in [-0.1, -0.05) is 6.07 Å². The van der Waals surface area contributed by atoms with Gasteiger partial charge < -0.3 is 24.8 Å². The van der Waals surface area contributed by atoms with E-state index < -0.39 is 17.7 Å². The molecule has 2 amide bonds. The SMILES string of the molecule is COc1cc2nccc(Oc3ccc(NC(=O)Nc4ccc(C)cc4F)c(F)c3)c2cc1OC. The van der Waals surface area contributed by atoms with Crippen LogP contribution < -0.4 is 24.8 Å². The lowest BCUT2D eigenvalue weighted by molar-refractivity contribution is 0.262. The molecular formula is C25H21F2N3O4. The van der Waals surface area contributed by atoms with Crippen molar-refractivity contribution in [3.63, 3.8) is 0 Å². The molecule has 0 aliphatic heterocycles. The Morgan fingerprint density at radius 2 is 1.47 bits per heavy atom. The lowest BCUT2D eigenvalue weighted by atomic mass is 10.2. The van der Waals surface area contributed by atoms with Crippen molar-refractivity contribution in [3.8, 4) is 23.0 Å². The quantitative estimate of drug-likeness (QED) is 0.351. The number of carbonyl (C=O) groups is 1. The maximum atomic E-state index is 14.7. The summed E-state index contributed by atoms with van der Waals surface area (Å²) in [4.78, 5) is 16.5. The van der Waals surface area contributed by atoms with E-state index in [4.69, 9.17) is 14.2 Å². The summed E-state index contributed by atoms with van der Waals surface area (Å²) < 4.78 is 45.1. The number of fused-ring (bicyclic) bond motifs is 1. The minimum atomic E-state index is -0.781. The number of nitrogens with zero attached hydrogens (tertiary/aromatic N) is 1. The Balaban J connectivity index is 1.52. The molecule has 4 aromatic rings. The highest BCUT2D eigenvalue weighted by molar-refractivity contribution is 6.00. The number of aryl methyl sites for hydroxylation is 1. The predicted octanol–water partition coefficient (Wildman–Crippen LogP) is 6.27. The van der Waals surface area contributed by atoms with E-state index in [0.29, 0.717) is 33.7 Å². The third-order valence-corrected chi connectivity index (χ3v) is 5.00. The molecule has 0 unspecified atom stereocenters. The molecule has 1 aromatic heterocycles. The van der Waals surface area contributed by atoms with Crippen LogP contribution in [0.15, 0.2) is 60.8 Å². The van der Waals surface area contributed by atoms with Crippen LogP contribution in [0, 0.1) is 18.6 Å². The van der Waals surface area contributed by atoms with Gasteiger partial charge in [0.1, 0.15) is 23.1 Å². The van der Waals surface area contributed by atoms with Crippen LogP contribution in [0.2, 0.25) is 0 Å². The largest absolute Gasteiger partial charge is 0.493 e. The molecule has 0 saturated carbocycles. The van der Waals surface area contributed by atoms with E-state index >= 15 is 0 Å². The molecule has 0 atom stereocenters. The Labute approximate surface area is 194 Å². The first-order valence-electron chi connectivity index (χ1n) is 10.2. The van der Waals surface area contributed by atoms with Gasteiger partial charge in [0.15, 0.2) is 11.5 Å². The average Bonchev–Trinajstić information content (AvgIpc) is 2.82. The number of hydrogen-bond donors (Lipinski definition) is 2. The van der Waals surface area contributed by atoms with Gasteiger partial charge in [-0.2, -0.15) is 0 Å². The summed E-state index contributed by atoms with van der Waals surface area (Å²) in [5.74, 6) is 0.335. The monoisotopic (exact) mass is 465 g/mol. The summed E-state index contributed by atoms with van der Waals surface area (Å²) in [5, 5.41) is 5.36. The molecule has 9 heteroatoms. The zero-order valence-corrected chi connectivity index (χ0v) is 18.6. The molecule has 1 heterocycles. The molecule has 0 bridgehead atoms. The summed E-state index contributed by atoms with van der Waals surface area (Å²) in [5.41, 5.74) is 1.21. The van der Waals surface area contributed by atoms with E-state index in [1.807, 2.05) is 0 Å². The topological polar surface area (TPSA) is 81.7 Å². The highest BCUT2D eigenvalue weighted by atomic mass is 19.1. The van der Waals surface area contributed by atoms with Crippen molar-refractivity contribution in [2.24, 2.45) is 0 Å². The highest BCUT2D eigenvalue weighted by Gasteiger charge is 2.14. The zero-order chi connectivity index (χ0) is 24.2. The van der Waals surface area contributed by atoms with Crippen LogP contribution in [-0.2, 0) is 0 Å². The Hall–Kier alpha value is -4.40. The van der Waals surface area contributed by atoms with Crippen LogP contribution in [0.3, 0.4) is 0 Å². The first-order chi connectivity index (χ1) is 16.4. The Kier molecular flexibility index (Phi) is 6.44. The van der Waals surface area contributed by atoms with Crippen LogP contribution in [0.1, 0.15) is 5.56 Å². The number of ether oxygens (including phenoxy) is 3. The van der Waals surface area contributed by atoms with Crippen LogP contribution in [0.5, 0.6) is 23.0 Å². The summed E-state index contributed by atoms with van der Waals surface area (Å²) in [6.07, 6.45) is 1.56. The van der Waals surface area contributed by atoms with Crippen molar-refractivity contribution < 1.29 is 27.8 Å². The predicted molar refractivity (Wildman–Crippen MR) is 125 cm³/mol. The van der Waals surface area contributed by atoms with E-state index in [1.165, 1.54) is 38.5 Å². The molecule has 0 fully saturated rings. The number of pyridine rings is 1. The lowest BCUT2D eigenvalue weighted by Gasteiger charge is -2.13. The fraction of sp³-hybridized carbons (Fsp3) is 0.120. The van der Waals surface area contributed by atoms with E-state index in [2.05, 4.69) is 15.6 Å². The number of benzene rings is 3. The van der Waals surface area contributed by atoms with Gasteiger partial charge in [0, 0.05) is 23.7 Å². The fourth-order valence-electron chi connectivity index (χ4n) is 3.32. The summed E-state index contributed by atoms with van der Waals surface area (Å²) in [6.45, 7) is 1.73. The second-order valence-electron chi connectivity index (χ2n) is 7.34. The van der Waals surface area contributed by atoms with Gasteiger partial charge in [-0.25, -0.2) is 13.6 Å². The first kappa shape index (κ1) is 22.8. The van der Waals surface area contributed by atoms with Gasteiger partial charge in [0.2, 0.25) is 0 Å². The summed E-state index contributed by atoms with van der Waals surface area (Å²) >= 11 is 0. The molecule has 0 aliphatic carbocycles. The average molecular weight is 465 g/mol. The number of amides is 2. The molecular weight excluding hydrogens is 444 g/mol. The normalized spacial score (nSPS) is 10.6. The third-order valence-electron chi connectivity index (χ3n) is 5.00. The molecule has 34 heavy (non-hydrogen) atoms. The maximum Gasteiger partial charge on any atom is 0.323 e. The highest BCUT2D eigenvalue weighted by Crippen LogP contribution is 2.37. The number of nitrogens with one attached hydrogen (secondary N) is 2. The lowest BCUT2D eigenvalue weighted by Crippen LogP contribution is -2.20. The van der Waals surface area contributed by atoms with Crippen molar-refractivity contribution >= 4 is 28.3 Å². The molecule has 4 rings (SSSR count). The van der Waals surface area contributed by atoms with Gasteiger partial charge in [-0.05, 0) is 48.9 Å². The molecule has 2 N–H and O–H groups in total. The summed E-state index contributed by atoms with van der Waals surface area (Å²) in [6, 6.07) is 12.6. The Morgan fingerprint density at radius 3 is 2.12 bits per heavy atom. The van der Waals surface area contributed by atoms with Crippen LogP contribution >= 0.6 is 0 Å². The summed E-state index contributed by atoms with van der Waals surface area (Å²) in [7, 11) is 3.05. The van der Waals surface area contributed by atoms with Gasteiger partial charge in [-0.15, -0.1) is 0 Å². The number of carbonyl (C=O) groups excluding carboxylic acids is 1. The second kappa shape index (κ2) is 9.62. The molecule has 0 aliphatic rings. The minimum absolute atomic E-state index is 0.0138. The van der Waals surface area contributed by atoms with Gasteiger partial charge in [0.05, 0.1) is 31.1 Å². The van der Waals surface area contributed by atoms with Gasteiger partial charge in [-0.3, -0.25) is 4.98 Å². The van der Waals surface area contributed by atoms with Crippen molar-refractivity contribution in [1.29, 1.82) is 0 Å². The number of hydrogen-bond acceptors (Lipinski definition) is 5. The number of rotatable bonds is 6. The number of halogens is 2. The number of urea groups is 1. The molecule has 0 radical (unpaired) electrons. The van der Waals surface area contributed by atoms with E-state index in [9.17, 15) is 13.6 Å². The van der Waals surface area contributed by atoms with Crippen molar-refractivity contribution in [1.82, 2.24) is 4.98 Å². The van der Waals surface area contributed by atoms with E-state index in [-0.39, 0.29) is 17.1 Å². The Bertz CT molecular complexity index is 1380. The third kappa shape index (κ3) is 4.83. The van der Waals surface area contributed by atoms with Crippen molar-refractivity contribution in [2.75, 3.05) is 24.9 Å². The maximum absolute atomic E-state index is 14.7. The number of methoxy groups -OCH3 is 2. The van der Waals surface area contributed by atoms with Crippen molar-refractivity contribution in [3.05, 3.63) is 78.0 Å². The van der Waals surface area contributed by atoms with Crippen LogP contribution in [0.4, 0.5) is 25.0 Å². The standard InChI is InChI=1S/C25H21F2N3O4/c1-14-4-6-19(17(26)10-14)29-25(31)30-20-7-5-15(11-18(20)27)34-22-8-9-28-21-13-24(33-3)23(32-2)12-16(21)22/h4-13H,1-3H3,(H2,29,30,31). The minimum Gasteiger partial charge on any atom is -0.493 e. The van der Waals surface area contributed by atoms with E-state index in [0.717, 1.165) is 6.07 Å². The Morgan fingerprint density at radius 1 is 0.824 bits per heavy atom. The molecule has 7 nitrogen and oxygen atoms in total. The van der Waals surface area contributed by atoms with Crippen molar-refractivity contribution in [2.45, 2.75) is 6.92 Å². The van der Waals surface area contributed by atoms with Crippen LogP contribution in [-0.4, -0.2) is 25.2 Å². The smallest absolute Gasteiger partial charge is 0.323 e. The first-order valence-corrected chi connectivity index (χ1v) is 10.2. The zero-order valence-electron chi connectivity index (χ0n) is 18.6. The fourth-order valence-corrected chi connectivity index (χ4v) is 3.32. The molecule has 3 aromatic carbocycles. The van der Waals surface area contributed by atoms with Gasteiger partial charge in [0.25, 0.3) is 0 Å².